The van der Waals surface area contributed by atoms with Crippen molar-refractivity contribution in [2.75, 3.05) is 18.0 Å². The van der Waals surface area contributed by atoms with E-state index in [9.17, 15) is 0 Å². The first kappa shape index (κ1) is 13.1. The SMILES string of the molecule is Cc1ccc(-c2ccnc(N3CCCC(N)C3)n2)cc1. The van der Waals surface area contributed by atoms with Crippen LogP contribution in [0.4, 0.5) is 5.95 Å². The molecule has 1 atom stereocenters. The van der Waals surface area contributed by atoms with Crippen molar-refractivity contribution in [1.82, 2.24) is 9.97 Å². The van der Waals surface area contributed by atoms with Crippen LogP contribution in [-0.2, 0) is 0 Å². The predicted molar refractivity (Wildman–Crippen MR) is 81.6 cm³/mol. The molecule has 1 saturated heterocycles. The molecular weight excluding hydrogens is 248 g/mol. The van der Waals surface area contributed by atoms with Crippen LogP contribution in [0.5, 0.6) is 0 Å². The van der Waals surface area contributed by atoms with Crippen LogP contribution in [0.25, 0.3) is 11.3 Å². The Labute approximate surface area is 119 Å². The van der Waals surface area contributed by atoms with E-state index in [1.807, 2.05) is 12.3 Å². The zero-order chi connectivity index (χ0) is 13.9. The van der Waals surface area contributed by atoms with Crippen LogP contribution in [0, 0.1) is 6.92 Å². The Kier molecular flexibility index (Phi) is 3.65. The molecule has 0 amide bonds. The Bertz CT molecular complexity index is 579. The maximum absolute atomic E-state index is 6.03. The van der Waals surface area contributed by atoms with Gasteiger partial charge in [-0.05, 0) is 25.8 Å². The summed E-state index contributed by atoms with van der Waals surface area (Å²) < 4.78 is 0. The van der Waals surface area contributed by atoms with Gasteiger partial charge in [0.1, 0.15) is 0 Å². The average molecular weight is 268 g/mol. The van der Waals surface area contributed by atoms with Gasteiger partial charge in [0.15, 0.2) is 0 Å². The molecule has 104 valence electrons. The number of nitrogens with zero attached hydrogens (tertiary/aromatic N) is 3. The van der Waals surface area contributed by atoms with Crippen LogP contribution in [0.1, 0.15) is 18.4 Å². The molecule has 2 heterocycles. The number of nitrogens with two attached hydrogens (primary N) is 1. The summed E-state index contributed by atoms with van der Waals surface area (Å²) in [4.78, 5) is 11.3. The lowest BCUT2D eigenvalue weighted by molar-refractivity contribution is 0.500. The van der Waals surface area contributed by atoms with Gasteiger partial charge in [-0.15, -0.1) is 0 Å². The van der Waals surface area contributed by atoms with E-state index in [4.69, 9.17) is 10.7 Å². The monoisotopic (exact) mass is 268 g/mol. The van der Waals surface area contributed by atoms with Gasteiger partial charge in [-0.3, -0.25) is 0 Å². The zero-order valence-electron chi connectivity index (χ0n) is 11.8. The summed E-state index contributed by atoms with van der Waals surface area (Å²) in [5.41, 5.74) is 9.38. The molecule has 1 fully saturated rings. The summed E-state index contributed by atoms with van der Waals surface area (Å²) >= 11 is 0. The van der Waals surface area contributed by atoms with Gasteiger partial charge in [-0.1, -0.05) is 29.8 Å². The van der Waals surface area contributed by atoms with Gasteiger partial charge < -0.3 is 10.6 Å². The molecule has 0 aliphatic carbocycles. The molecule has 0 radical (unpaired) electrons. The molecule has 1 aromatic heterocycles. The highest BCUT2D eigenvalue weighted by molar-refractivity contribution is 5.60. The highest BCUT2D eigenvalue weighted by atomic mass is 15.3. The van der Waals surface area contributed by atoms with Gasteiger partial charge in [0.05, 0.1) is 5.69 Å². The van der Waals surface area contributed by atoms with Gasteiger partial charge >= 0.3 is 0 Å². The number of aromatic nitrogens is 2. The Morgan fingerprint density at radius 2 is 2.00 bits per heavy atom. The fourth-order valence-electron chi connectivity index (χ4n) is 2.58. The lowest BCUT2D eigenvalue weighted by Crippen LogP contribution is -2.43. The third kappa shape index (κ3) is 2.80. The fraction of sp³-hybridized carbons (Fsp3) is 0.375. The number of rotatable bonds is 2. The molecule has 1 unspecified atom stereocenters. The molecule has 1 aromatic carbocycles. The van der Waals surface area contributed by atoms with Crippen LogP contribution < -0.4 is 10.6 Å². The minimum atomic E-state index is 0.232. The maximum atomic E-state index is 6.03. The molecule has 1 aliphatic heterocycles. The fourth-order valence-corrected chi connectivity index (χ4v) is 2.58. The highest BCUT2D eigenvalue weighted by Crippen LogP contribution is 2.21. The Morgan fingerprint density at radius 3 is 2.75 bits per heavy atom. The van der Waals surface area contributed by atoms with E-state index in [0.29, 0.717) is 0 Å². The van der Waals surface area contributed by atoms with Crippen LogP contribution >= 0.6 is 0 Å². The van der Waals surface area contributed by atoms with Crippen LogP contribution in [0.15, 0.2) is 36.5 Å². The lowest BCUT2D eigenvalue weighted by Gasteiger charge is -2.30. The first-order chi connectivity index (χ1) is 9.72. The van der Waals surface area contributed by atoms with Gasteiger partial charge in [0, 0.05) is 30.9 Å². The van der Waals surface area contributed by atoms with Crippen molar-refractivity contribution >= 4 is 5.95 Å². The Balaban J connectivity index is 1.87. The summed E-state index contributed by atoms with van der Waals surface area (Å²) in [5.74, 6) is 0.790. The third-order valence-corrected chi connectivity index (χ3v) is 3.73. The summed E-state index contributed by atoms with van der Waals surface area (Å²) in [5, 5.41) is 0. The summed E-state index contributed by atoms with van der Waals surface area (Å²) in [6.45, 7) is 3.92. The van der Waals surface area contributed by atoms with E-state index >= 15 is 0 Å². The van der Waals surface area contributed by atoms with Crippen LogP contribution in [0.3, 0.4) is 0 Å². The third-order valence-electron chi connectivity index (χ3n) is 3.73. The maximum Gasteiger partial charge on any atom is 0.225 e. The number of hydrogen-bond acceptors (Lipinski definition) is 4. The van der Waals surface area contributed by atoms with E-state index in [1.165, 1.54) is 5.56 Å². The highest BCUT2D eigenvalue weighted by Gasteiger charge is 2.19. The number of benzene rings is 1. The standard InChI is InChI=1S/C16H20N4/c1-12-4-6-13(7-5-12)15-8-9-18-16(19-15)20-10-2-3-14(17)11-20/h4-9,14H,2-3,10-11,17H2,1H3. The number of piperidine rings is 1. The quantitative estimate of drug-likeness (QED) is 0.908. The van der Waals surface area contributed by atoms with Gasteiger partial charge in [-0.2, -0.15) is 0 Å². The van der Waals surface area contributed by atoms with Crippen LogP contribution in [-0.4, -0.2) is 29.1 Å². The van der Waals surface area contributed by atoms with Crippen LogP contribution in [0.2, 0.25) is 0 Å². The van der Waals surface area contributed by atoms with Crippen molar-refractivity contribution in [2.24, 2.45) is 5.73 Å². The minimum absolute atomic E-state index is 0.232. The molecule has 20 heavy (non-hydrogen) atoms. The summed E-state index contributed by atoms with van der Waals surface area (Å²) in [6.07, 6.45) is 4.03. The molecule has 1 aliphatic rings. The number of aryl methyl sites for hydroxylation is 1. The van der Waals surface area contributed by atoms with E-state index in [0.717, 1.165) is 43.1 Å². The molecule has 4 heteroatoms. The van der Waals surface area contributed by atoms with Crippen molar-refractivity contribution < 1.29 is 0 Å². The van der Waals surface area contributed by atoms with E-state index < -0.39 is 0 Å². The second-order valence-electron chi connectivity index (χ2n) is 5.46. The largest absolute Gasteiger partial charge is 0.339 e. The summed E-state index contributed by atoms with van der Waals surface area (Å²) in [6, 6.07) is 10.6. The van der Waals surface area contributed by atoms with Crippen molar-refractivity contribution in [1.29, 1.82) is 0 Å². The zero-order valence-corrected chi connectivity index (χ0v) is 11.8. The van der Waals surface area contributed by atoms with Crippen molar-refractivity contribution in [3.8, 4) is 11.3 Å². The molecule has 3 rings (SSSR count). The first-order valence-corrected chi connectivity index (χ1v) is 7.13. The molecule has 0 saturated carbocycles. The van der Waals surface area contributed by atoms with Gasteiger partial charge in [0.2, 0.25) is 5.95 Å². The lowest BCUT2D eigenvalue weighted by atomic mass is 10.1. The number of hydrogen-bond donors (Lipinski definition) is 1. The molecule has 0 bridgehead atoms. The van der Waals surface area contributed by atoms with Gasteiger partial charge in [-0.25, -0.2) is 9.97 Å². The second kappa shape index (κ2) is 5.59. The second-order valence-corrected chi connectivity index (χ2v) is 5.46. The molecular formula is C16H20N4. The summed E-state index contributed by atoms with van der Waals surface area (Å²) in [7, 11) is 0. The van der Waals surface area contributed by atoms with E-state index in [-0.39, 0.29) is 6.04 Å². The smallest absolute Gasteiger partial charge is 0.225 e. The Morgan fingerprint density at radius 1 is 1.20 bits per heavy atom. The molecule has 2 aromatic rings. The predicted octanol–water partition coefficient (Wildman–Crippen LogP) is 2.38. The van der Waals surface area contributed by atoms with Crippen molar-refractivity contribution in [3.63, 3.8) is 0 Å². The number of anilines is 1. The van der Waals surface area contributed by atoms with Crippen molar-refractivity contribution in [2.45, 2.75) is 25.8 Å². The Hall–Kier alpha value is -1.94. The molecule has 2 N–H and O–H groups in total. The normalized spacial score (nSPS) is 19.1. The minimum Gasteiger partial charge on any atom is -0.339 e. The molecule has 4 nitrogen and oxygen atoms in total. The first-order valence-electron chi connectivity index (χ1n) is 7.13. The van der Waals surface area contributed by atoms with Gasteiger partial charge in [0.25, 0.3) is 0 Å². The average Bonchev–Trinajstić information content (AvgIpc) is 2.48. The van der Waals surface area contributed by atoms with E-state index in [2.05, 4.69) is 41.1 Å². The topological polar surface area (TPSA) is 55.0 Å². The van der Waals surface area contributed by atoms with Crippen molar-refractivity contribution in [3.05, 3.63) is 42.1 Å². The van der Waals surface area contributed by atoms with E-state index in [1.54, 1.807) is 0 Å². The molecule has 0 spiro atoms.